The summed E-state index contributed by atoms with van der Waals surface area (Å²) < 4.78 is 22.5. The zero-order valence-electron chi connectivity index (χ0n) is 19.2. The van der Waals surface area contributed by atoms with Crippen LogP contribution in [0.15, 0.2) is 47.4 Å². The Labute approximate surface area is 201 Å². The maximum absolute atomic E-state index is 15.0. The highest BCUT2D eigenvalue weighted by atomic mass is 35.5. The van der Waals surface area contributed by atoms with E-state index in [2.05, 4.69) is 9.97 Å². The lowest BCUT2D eigenvalue weighted by molar-refractivity contribution is 0.00448. The molecule has 1 saturated heterocycles. The number of aromatic nitrogens is 4. The second kappa shape index (κ2) is 8.89. The third kappa shape index (κ3) is 4.10. The van der Waals surface area contributed by atoms with Crippen LogP contribution in [-0.2, 0) is 11.8 Å². The predicted molar refractivity (Wildman–Crippen MR) is 130 cm³/mol. The molecule has 0 spiro atoms. The van der Waals surface area contributed by atoms with Crippen molar-refractivity contribution in [1.82, 2.24) is 19.5 Å². The molecule has 8 heteroatoms. The molecule has 1 aliphatic rings. The van der Waals surface area contributed by atoms with Crippen molar-refractivity contribution < 1.29 is 9.13 Å². The molecule has 0 amide bonds. The van der Waals surface area contributed by atoms with Gasteiger partial charge in [-0.05, 0) is 62.6 Å². The number of hydrogen-bond donors (Lipinski definition) is 0. The van der Waals surface area contributed by atoms with E-state index in [0.717, 1.165) is 23.4 Å². The summed E-state index contributed by atoms with van der Waals surface area (Å²) in [6, 6.07) is 10.3. The lowest BCUT2D eigenvalue weighted by Crippen LogP contribution is -2.23. The number of aryl methyl sites for hydroxylation is 2. The smallest absolute Gasteiger partial charge is 0.263 e. The van der Waals surface area contributed by atoms with Gasteiger partial charge in [-0.1, -0.05) is 17.7 Å². The van der Waals surface area contributed by atoms with Gasteiger partial charge < -0.3 is 4.74 Å². The summed E-state index contributed by atoms with van der Waals surface area (Å²) in [5.41, 5.74) is 3.50. The highest BCUT2D eigenvalue weighted by Gasteiger charge is 2.28. The van der Waals surface area contributed by atoms with Crippen LogP contribution in [0.2, 0.25) is 5.02 Å². The number of fused-ring (bicyclic) bond motifs is 1. The van der Waals surface area contributed by atoms with Crippen LogP contribution in [0.25, 0.3) is 22.2 Å². The van der Waals surface area contributed by atoms with Crippen LogP contribution < -0.4 is 5.56 Å². The molecule has 0 bridgehead atoms. The zero-order chi connectivity index (χ0) is 24.0. The average Bonchev–Trinajstić information content (AvgIpc) is 2.82. The van der Waals surface area contributed by atoms with Gasteiger partial charge in [0, 0.05) is 47.7 Å². The van der Waals surface area contributed by atoms with Crippen LogP contribution in [0.1, 0.15) is 47.6 Å². The first-order valence-corrected chi connectivity index (χ1v) is 11.6. The van der Waals surface area contributed by atoms with Gasteiger partial charge in [0.25, 0.3) is 5.56 Å². The van der Waals surface area contributed by atoms with Gasteiger partial charge in [0.1, 0.15) is 11.6 Å². The van der Waals surface area contributed by atoms with Crippen molar-refractivity contribution in [3.8, 4) is 11.3 Å². The molecule has 0 radical (unpaired) electrons. The van der Waals surface area contributed by atoms with Crippen LogP contribution >= 0.6 is 11.6 Å². The fraction of sp³-hybridized carbons (Fsp3) is 0.308. The first kappa shape index (κ1) is 22.6. The van der Waals surface area contributed by atoms with Crippen molar-refractivity contribution in [1.29, 1.82) is 0 Å². The third-order valence-corrected chi connectivity index (χ3v) is 6.73. The Kier molecular flexibility index (Phi) is 5.91. The molecule has 2 atom stereocenters. The first-order chi connectivity index (χ1) is 16.3. The van der Waals surface area contributed by atoms with Gasteiger partial charge in [-0.25, -0.2) is 9.37 Å². The highest BCUT2D eigenvalue weighted by molar-refractivity contribution is 6.30. The highest BCUT2D eigenvalue weighted by Crippen LogP contribution is 2.39. The molecule has 0 unspecified atom stereocenters. The van der Waals surface area contributed by atoms with Crippen molar-refractivity contribution in [3.05, 3.63) is 86.6 Å². The fourth-order valence-corrected chi connectivity index (χ4v) is 4.63. The Bertz CT molecular complexity index is 1450. The topological polar surface area (TPSA) is 69.9 Å². The minimum atomic E-state index is -0.531. The Morgan fingerprint density at radius 2 is 1.97 bits per heavy atom. The molecule has 4 heterocycles. The van der Waals surface area contributed by atoms with Gasteiger partial charge in [0.05, 0.1) is 22.7 Å². The number of halogens is 2. The minimum Gasteiger partial charge on any atom is -0.373 e. The Morgan fingerprint density at radius 3 is 2.71 bits per heavy atom. The van der Waals surface area contributed by atoms with E-state index >= 15 is 0 Å². The zero-order valence-corrected chi connectivity index (χ0v) is 19.9. The van der Waals surface area contributed by atoms with Gasteiger partial charge in [0.2, 0.25) is 0 Å². The van der Waals surface area contributed by atoms with Gasteiger partial charge in [-0.3, -0.25) is 19.3 Å². The molecular formula is C26H24ClFN4O2. The summed E-state index contributed by atoms with van der Waals surface area (Å²) in [4.78, 5) is 27.1. The quantitative estimate of drug-likeness (QED) is 0.392. The number of rotatable bonds is 3. The second-order valence-corrected chi connectivity index (χ2v) is 9.19. The Hall–Kier alpha value is -3.16. The number of benzene rings is 1. The normalized spacial score (nSPS) is 18.4. The molecule has 0 saturated carbocycles. The maximum atomic E-state index is 15.0. The van der Waals surface area contributed by atoms with E-state index in [1.807, 2.05) is 31.3 Å². The van der Waals surface area contributed by atoms with Crippen molar-refractivity contribution in [2.75, 3.05) is 6.61 Å². The summed E-state index contributed by atoms with van der Waals surface area (Å²) >= 11 is 5.98. The van der Waals surface area contributed by atoms with Gasteiger partial charge in [-0.2, -0.15) is 0 Å². The second-order valence-electron chi connectivity index (χ2n) is 8.75. The molecule has 34 heavy (non-hydrogen) atoms. The standard InChI is InChI=1S/C26H24ClFN4O2/c1-14-4-5-17(13-29-14)23-10-16(8-9-34-23)21-12-22-24(26(33)32(3)15(2)30-22)25(31-21)19-7-6-18(27)11-20(19)28/h4-7,11-13,16,23H,8-10H2,1-3H3/t16-,23+/m0/s1. The molecular weight excluding hydrogens is 455 g/mol. The van der Waals surface area contributed by atoms with Crippen LogP contribution in [0, 0.1) is 19.7 Å². The molecule has 1 aliphatic heterocycles. The monoisotopic (exact) mass is 478 g/mol. The van der Waals surface area contributed by atoms with E-state index in [0.29, 0.717) is 29.8 Å². The summed E-state index contributed by atoms with van der Waals surface area (Å²) in [6.45, 7) is 4.29. The van der Waals surface area contributed by atoms with E-state index in [9.17, 15) is 9.18 Å². The number of pyridine rings is 2. The van der Waals surface area contributed by atoms with E-state index in [-0.39, 0.29) is 33.9 Å². The van der Waals surface area contributed by atoms with Gasteiger partial charge in [-0.15, -0.1) is 0 Å². The number of nitrogens with zero attached hydrogens (tertiary/aromatic N) is 4. The lowest BCUT2D eigenvalue weighted by atomic mass is 9.89. The van der Waals surface area contributed by atoms with Gasteiger partial charge in [0.15, 0.2) is 0 Å². The Morgan fingerprint density at radius 1 is 1.15 bits per heavy atom. The van der Waals surface area contributed by atoms with Crippen molar-refractivity contribution in [3.63, 3.8) is 0 Å². The fourth-order valence-electron chi connectivity index (χ4n) is 4.47. The van der Waals surface area contributed by atoms with Gasteiger partial charge >= 0.3 is 0 Å². The average molecular weight is 479 g/mol. The minimum absolute atomic E-state index is 0.0599. The molecule has 1 fully saturated rings. The maximum Gasteiger partial charge on any atom is 0.263 e. The predicted octanol–water partition coefficient (Wildman–Crippen LogP) is 5.44. The lowest BCUT2D eigenvalue weighted by Gasteiger charge is -2.30. The molecule has 174 valence electrons. The van der Waals surface area contributed by atoms with Crippen LogP contribution in [0.4, 0.5) is 4.39 Å². The summed E-state index contributed by atoms with van der Waals surface area (Å²) in [6.07, 6.45) is 3.20. The van der Waals surface area contributed by atoms with Crippen molar-refractivity contribution >= 4 is 22.5 Å². The van der Waals surface area contributed by atoms with E-state index < -0.39 is 5.82 Å². The molecule has 1 aromatic carbocycles. The summed E-state index contributed by atoms with van der Waals surface area (Å²) in [7, 11) is 1.65. The molecule has 0 N–H and O–H groups in total. The molecule has 5 rings (SSSR count). The van der Waals surface area contributed by atoms with E-state index in [1.54, 1.807) is 26.1 Å². The molecule has 0 aliphatic carbocycles. The summed E-state index contributed by atoms with van der Waals surface area (Å²) in [5, 5.41) is 0.576. The Balaban J connectivity index is 1.65. The van der Waals surface area contributed by atoms with Crippen LogP contribution in [0.5, 0.6) is 0 Å². The third-order valence-electron chi connectivity index (χ3n) is 6.50. The molecule has 4 aromatic rings. The molecule has 6 nitrogen and oxygen atoms in total. The largest absolute Gasteiger partial charge is 0.373 e. The van der Waals surface area contributed by atoms with E-state index in [1.165, 1.54) is 10.6 Å². The molecule has 3 aromatic heterocycles. The van der Waals surface area contributed by atoms with Crippen molar-refractivity contribution in [2.45, 2.75) is 38.7 Å². The van der Waals surface area contributed by atoms with Crippen LogP contribution in [0.3, 0.4) is 0 Å². The number of ether oxygens (including phenoxy) is 1. The van der Waals surface area contributed by atoms with E-state index in [4.69, 9.17) is 21.3 Å². The number of hydrogen-bond acceptors (Lipinski definition) is 5. The van der Waals surface area contributed by atoms with Crippen LogP contribution in [-0.4, -0.2) is 26.1 Å². The first-order valence-electron chi connectivity index (χ1n) is 11.2. The SMILES string of the molecule is Cc1ccc([C@H]2C[C@@H](c3cc4nc(C)n(C)c(=O)c4c(-c4ccc(Cl)cc4F)n3)CCO2)cn1. The van der Waals surface area contributed by atoms with Crippen molar-refractivity contribution in [2.24, 2.45) is 7.05 Å². The summed E-state index contributed by atoms with van der Waals surface area (Å²) in [5.74, 6) is 0.106.